The Bertz CT molecular complexity index is 378. The Labute approximate surface area is 87.1 Å². The minimum atomic E-state index is -0.0897. The molecule has 0 aromatic carbocycles. The minimum absolute atomic E-state index is 0.0897. The molecule has 6 heteroatoms. The van der Waals surface area contributed by atoms with Gasteiger partial charge in [0.05, 0.1) is 13.2 Å². The molecule has 0 saturated carbocycles. The topological polar surface area (TPSA) is 61.9 Å². The lowest BCUT2D eigenvalue weighted by Crippen LogP contribution is -2.47. The van der Waals surface area contributed by atoms with Crippen LogP contribution in [0.1, 0.15) is 0 Å². The van der Waals surface area contributed by atoms with Gasteiger partial charge in [0.15, 0.2) is 11.9 Å². The first-order valence-corrected chi connectivity index (χ1v) is 4.97. The van der Waals surface area contributed by atoms with Crippen molar-refractivity contribution in [1.82, 2.24) is 4.90 Å². The summed E-state index contributed by atoms with van der Waals surface area (Å²) in [5, 5.41) is 0. The molecule has 0 aliphatic carbocycles. The molecule has 0 aromatic heterocycles. The number of aliphatic imine (C=N–C) groups is 4. The zero-order chi connectivity index (χ0) is 10.1. The summed E-state index contributed by atoms with van der Waals surface area (Å²) in [6.45, 7) is 3.23. The molecule has 3 rings (SSSR count). The number of amidine groups is 2. The molecular formula is C9H11N5O. The maximum atomic E-state index is 5.30. The van der Waals surface area contributed by atoms with Gasteiger partial charge >= 0.3 is 0 Å². The number of fused-ring (bicyclic) bond motifs is 1. The summed E-state index contributed by atoms with van der Waals surface area (Å²) in [6, 6.07) is -0.0897. The molecule has 0 bridgehead atoms. The molecule has 0 spiro atoms. The van der Waals surface area contributed by atoms with Gasteiger partial charge in [0.1, 0.15) is 18.5 Å². The van der Waals surface area contributed by atoms with Crippen molar-refractivity contribution in [2.75, 3.05) is 26.3 Å². The van der Waals surface area contributed by atoms with E-state index in [2.05, 4.69) is 24.9 Å². The number of hydrogen-bond donors (Lipinski definition) is 0. The molecule has 3 heterocycles. The zero-order valence-corrected chi connectivity index (χ0v) is 8.20. The van der Waals surface area contributed by atoms with Crippen molar-refractivity contribution < 1.29 is 4.74 Å². The zero-order valence-electron chi connectivity index (χ0n) is 8.20. The van der Waals surface area contributed by atoms with Crippen LogP contribution < -0.4 is 0 Å². The fourth-order valence-corrected chi connectivity index (χ4v) is 1.85. The van der Waals surface area contributed by atoms with Gasteiger partial charge in [0.25, 0.3) is 0 Å². The number of nitrogens with zero attached hydrogens (tertiary/aromatic N) is 5. The van der Waals surface area contributed by atoms with Gasteiger partial charge < -0.3 is 9.64 Å². The third-order valence-electron chi connectivity index (χ3n) is 2.61. The lowest BCUT2D eigenvalue weighted by Gasteiger charge is -2.31. The molecule has 0 N–H and O–H groups in total. The normalized spacial score (nSPS) is 28.8. The van der Waals surface area contributed by atoms with Crippen LogP contribution in [0.25, 0.3) is 0 Å². The fourth-order valence-electron chi connectivity index (χ4n) is 1.85. The molecule has 0 amide bonds. The van der Waals surface area contributed by atoms with Crippen LogP contribution in [0, 0.1) is 0 Å². The second-order valence-corrected chi connectivity index (χ2v) is 3.49. The summed E-state index contributed by atoms with van der Waals surface area (Å²) in [5.74, 6) is 1.69. The smallest absolute Gasteiger partial charge is 0.169 e. The Kier molecular flexibility index (Phi) is 2.06. The second-order valence-electron chi connectivity index (χ2n) is 3.49. The van der Waals surface area contributed by atoms with E-state index in [4.69, 9.17) is 4.74 Å². The second kappa shape index (κ2) is 3.54. The fraction of sp³-hybridized carbons (Fsp3) is 0.556. The third-order valence-corrected chi connectivity index (χ3v) is 2.61. The summed E-state index contributed by atoms with van der Waals surface area (Å²) in [4.78, 5) is 18.9. The van der Waals surface area contributed by atoms with E-state index < -0.39 is 0 Å². The van der Waals surface area contributed by atoms with Gasteiger partial charge in [-0.25, -0.2) is 15.0 Å². The first-order valence-electron chi connectivity index (χ1n) is 4.97. The van der Waals surface area contributed by atoms with E-state index in [-0.39, 0.29) is 6.04 Å². The SMILES string of the molecule is C1=NC2=NC=NC2C(N2CCOCC2)=N1. The van der Waals surface area contributed by atoms with E-state index in [1.807, 2.05) is 0 Å². The average molecular weight is 205 g/mol. The van der Waals surface area contributed by atoms with Gasteiger partial charge in [-0.05, 0) is 0 Å². The quantitative estimate of drug-likeness (QED) is 0.538. The summed E-state index contributed by atoms with van der Waals surface area (Å²) in [6.07, 6.45) is 3.10. The van der Waals surface area contributed by atoms with E-state index in [1.165, 1.54) is 0 Å². The van der Waals surface area contributed by atoms with E-state index in [9.17, 15) is 0 Å². The van der Waals surface area contributed by atoms with Crippen molar-refractivity contribution >= 4 is 24.3 Å². The molecule has 3 aliphatic rings. The van der Waals surface area contributed by atoms with Crippen molar-refractivity contribution in [3.05, 3.63) is 0 Å². The van der Waals surface area contributed by atoms with Crippen molar-refractivity contribution in [3.63, 3.8) is 0 Å². The standard InChI is InChI=1S/C9H11N5O/c1-3-15-4-2-14(1)9-7-8(11-5-10-7)12-6-13-9/h5-7H,1-4H2. The maximum absolute atomic E-state index is 5.30. The van der Waals surface area contributed by atoms with Crippen LogP contribution in [-0.4, -0.2) is 61.6 Å². The number of rotatable bonds is 0. The molecule has 1 atom stereocenters. The molecular weight excluding hydrogens is 194 g/mol. The molecule has 0 radical (unpaired) electrons. The third kappa shape index (κ3) is 1.46. The lowest BCUT2D eigenvalue weighted by molar-refractivity contribution is 0.0673. The number of hydrogen-bond acceptors (Lipinski definition) is 6. The van der Waals surface area contributed by atoms with Crippen LogP contribution >= 0.6 is 0 Å². The Morgan fingerprint density at radius 2 is 2.07 bits per heavy atom. The average Bonchev–Trinajstić information content (AvgIpc) is 2.78. The van der Waals surface area contributed by atoms with Crippen LogP contribution in [0.3, 0.4) is 0 Å². The van der Waals surface area contributed by atoms with Crippen LogP contribution in [0.5, 0.6) is 0 Å². The van der Waals surface area contributed by atoms with Gasteiger partial charge in [0, 0.05) is 13.1 Å². The minimum Gasteiger partial charge on any atom is -0.378 e. The highest BCUT2D eigenvalue weighted by atomic mass is 16.5. The predicted octanol–water partition coefficient (Wildman–Crippen LogP) is -0.432. The van der Waals surface area contributed by atoms with Crippen molar-refractivity contribution in [2.24, 2.45) is 20.0 Å². The van der Waals surface area contributed by atoms with Gasteiger partial charge in [-0.15, -0.1) is 0 Å². The molecule has 1 saturated heterocycles. The molecule has 1 unspecified atom stereocenters. The highest BCUT2D eigenvalue weighted by Crippen LogP contribution is 2.13. The van der Waals surface area contributed by atoms with Crippen LogP contribution in [-0.2, 0) is 4.74 Å². The lowest BCUT2D eigenvalue weighted by atomic mass is 10.2. The predicted molar refractivity (Wildman–Crippen MR) is 58.0 cm³/mol. The van der Waals surface area contributed by atoms with Gasteiger partial charge in [-0.2, -0.15) is 0 Å². The van der Waals surface area contributed by atoms with E-state index >= 15 is 0 Å². The molecule has 1 fully saturated rings. The summed E-state index contributed by atoms with van der Waals surface area (Å²) in [5.41, 5.74) is 0. The van der Waals surface area contributed by atoms with Crippen LogP contribution in [0.2, 0.25) is 0 Å². The van der Waals surface area contributed by atoms with E-state index in [0.29, 0.717) is 0 Å². The summed E-state index contributed by atoms with van der Waals surface area (Å²) < 4.78 is 5.30. The molecule has 15 heavy (non-hydrogen) atoms. The highest BCUT2D eigenvalue weighted by molar-refractivity contribution is 6.19. The summed E-state index contributed by atoms with van der Waals surface area (Å²) >= 11 is 0. The van der Waals surface area contributed by atoms with Crippen LogP contribution in [0.15, 0.2) is 20.0 Å². The van der Waals surface area contributed by atoms with Gasteiger partial charge in [-0.3, -0.25) is 4.99 Å². The van der Waals surface area contributed by atoms with Gasteiger partial charge in [-0.1, -0.05) is 0 Å². The Balaban J connectivity index is 1.85. The summed E-state index contributed by atoms with van der Waals surface area (Å²) in [7, 11) is 0. The first kappa shape index (κ1) is 8.72. The number of morpholine rings is 1. The Hall–Kier alpha value is -1.56. The van der Waals surface area contributed by atoms with Crippen molar-refractivity contribution in [3.8, 4) is 0 Å². The maximum Gasteiger partial charge on any atom is 0.169 e. The Morgan fingerprint density at radius 3 is 2.93 bits per heavy atom. The highest BCUT2D eigenvalue weighted by Gasteiger charge is 2.30. The Morgan fingerprint density at radius 1 is 1.20 bits per heavy atom. The van der Waals surface area contributed by atoms with Crippen LogP contribution in [0.4, 0.5) is 0 Å². The van der Waals surface area contributed by atoms with E-state index in [0.717, 1.165) is 38.0 Å². The molecule has 3 aliphatic heterocycles. The molecule has 78 valence electrons. The largest absolute Gasteiger partial charge is 0.378 e. The van der Waals surface area contributed by atoms with Crippen molar-refractivity contribution in [1.29, 1.82) is 0 Å². The van der Waals surface area contributed by atoms with E-state index in [1.54, 1.807) is 12.7 Å². The monoisotopic (exact) mass is 205 g/mol. The van der Waals surface area contributed by atoms with Gasteiger partial charge in [0.2, 0.25) is 0 Å². The molecule has 6 nitrogen and oxygen atoms in total. The molecule has 0 aromatic rings. The first-order chi connectivity index (χ1) is 7.45. The number of ether oxygens (including phenoxy) is 1. The van der Waals surface area contributed by atoms with Crippen molar-refractivity contribution in [2.45, 2.75) is 6.04 Å².